The minimum atomic E-state index is 0.264. The van der Waals surface area contributed by atoms with Crippen LogP contribution in [0.2, 0.25) is 0 Å². The van der Waals surface area contributed by atoms with Crippen LogP contribution in [0.3, 0.4) is 0 Å². The molecule has 0 saturated carbocycles. The highest BCUT2D eigenvalue weighted by molar-refractivity contribution is 7.99. The number of carbonyl (C=O) groups is 1. The molecule has 0 aromatic carbocycles. The third-order valence-corrected chi connectivity index (χ3v) is 3.75. The van der Waals surface area contributed by atoms with Gasteiger partial charge < -0.3 is 9.80 Å². The summed E-state index contributed by atoms with van der Waals surface area (Å²) in [5.41, 5.74) is 0. The van der Waals surface area contributed by atoms with Gasteiger partial charge in [0.2, 0.25) is 5.91 Å². The maximum absolute atomic E-state index is 11.7. The third-order valence-electron chi connectivity index (χ3n) is 3.22. The number of likely N-dealkylation sites (tertiary alicyclic amines) is 1. The number of carbonyl (C=O) groups excluding carboxylic acids is 1. The quantitative estimate of drug-likeness (QED) is 0.725. The van der Waals surface area contributed by atoms with E-state index in [0.717, 1.165) is 19.0 Å². The molecule has 1 atom stereocenters. The van der Waals surface area contributed by atoms with Gasteiger partial charge in [-0.25, -0.2) is 0 Å². The Morgan fingerprint density at radius 3 is 2.82 bits per heavy atom. The largest absolute Gasteiger partial charge is 0.345 e. The average molecular weight is 258 g/mol. The molecule has 0 unspecified atom stereocenters. The van der Waals surface area contributed by atoms with Gasteiger partial charge in [-0.3, -0.25) is 4.79 Å². The van der Waals surface area contributed by atoms with E-state index in [0.29, 0.717) is 11.7 Å². The monoisotopic (exact) mass is 258 g/mol. The molecule has 3 nitrogen and oxygen atoms in total. The third kappa shape index (κ3) is 5.30. The summed E-state index contributed by atoms with van der Waals surface area (Å²) in [6, 6.07) is 0. The van der Waals surface area contributed by atoms with Gasteiger partial charge in [0, 0.05) is 26.7 Å². The Labute approximate surface area is 110 Å². The van der Waals surface area contributed by atoms with Crippen LogP contribution in [-0.4, -0.2) is 60.9 Å². The van der Waals surface area contributed by atoms with Crippen molar-refractivity contribution in [2.45, 2.75) is 20.3 Å². The summed E-state index contributed by atoms with van der Waals surface area (Å²) in [5, 5.41) is 0. The number of nitrogens with zero attached hydrogens (tertiary/aromatic N) is 2. The molecule has 0 bridgehead atoms. The normalized spacial score (nSPS) is 21.1. The number of thioether (sulfide) groups is 1. The molecule has 1 fully saturated rings. The van der Waals surface area contributed by atoms with Crippen LogP contribution in [-0.2, 0) is 4.79 Å². The molecular weight excluding hydrogens is 232 g/mol. The molecular formula is C13H26N2OS. The Morgan fingerprint density at radius 1 is 1.53 bits per heavy atom. The average Bonchev–Trinajstić information content (AvgIpc) is 2.64. The number of amides is 1. The molecule has 0 spiro atoms. The van der Waals surface area contributed by atoms with Crippen LogP contribution in [0, 0.1) is 11.8 Å². The van der Waals surface area contributed by atoms with Gasteiger partial charge in [0.25, 0.3) is 0 Å². The zero-order chi connectivity index (χ0) is 12.8. The second-order valence-corrected chi connectivity index (χ2v) is 6.38. The summed E-state index contributed by atoms with van der Waals surface area (Å²) in [7, 11) is 1.93. The smallest absolute Gasteiger partial charge is 0.232 e. The highest BCUT2D eigenvalue weighted by atomic mass is 32.2. The molecule has 100 valence electrons. The lowest BCUT2D eigenvalue weighted by Gasteiger charge is -2.22. The molecule has 1 aliphatic heterocycles. The van der Waals surface area contributed by atoms with E-state index < -0.39 is 0 Å². The van der Waals surface area contributed by atoms with Crippen LogP contribution in [0.4, 0.5) is 0 Å². The highest BCUT2D eigenvalue weighted by Crippen LogP contribution is 2.18. The first-order chi connectivity index (χ1) is 8.02. The molecule has 0 radical (unpaired) electrons. The van der Waals surface area contributed by atoms with Crippen molar-refractivity contribution in [3.63, 3.8) is 0 Å². The summed E-state index contributed by atoms with van der Waals surface area (Å²) >= 11 is 1.60. The van der Waals surface area contributed by atoms with Gasteiger partial charge in [-0.05, 0) is 31.1 Å². The molecule has 1 rings (SSSR count). The van der Waals surface area contributed by atoms with E-state index >= 15 is 0 Å². The molecule has 0 aromatic rings. The van der Waals surface area contributed by atoms with E-state index in [1.807, 2.05) is 18.2 Å². The van der Waals surface area contributed by atoms with E-state index in [1.54, 1.807) is 11.8 Å². The Kier molecular flexibility index (Phi) is 6.34. The molecule has 0 N–H and O–H groups in total. The standard InChI is InChI=1S/C13H26N2OS/c1-11(2)7-15-6-5-12(9-15)8-14(3)13(16)10-17-4/h11-12H,5-10H2,1-4H3/t12-/m1/s1. The van der Waals surface area contributed by atoms with Crippen molar-refractivity contribution in [3.8, 4) is 0 Å². The minimum Gasteiger partial charge on any atom is -0.345 e. The van der Waals surface area contributed by atoms with Crippen molar-refractivity contribution in [2.75, 3.05) is 45.2 Å². The van der Waals surface area contributed by atoms with Crippen molar-refractivity contribution in [2.24, 2.45) is 11.8 Å². The predicted molar refractivity (Wildman–Crippen MR) is 75.4 cm³/mol. The first-order valence-electron chi connectivity index (χ1n) is 6.48. The van der Waals surface area contributed by atoms with E-state index in [1.165, 1.54) is 19.5 Å². The Morgan fingerprint density at radius 2 is 2.24 bits per heavy atom. The van der Waals surface area contributed by atoms with Gasteiger partial charge in [0.05, 0.1) is 5.75 Å². The lowest BCUT2D eigenvalue weighted by molar-refractivity contribution is -0.127. The van der Waals surface area contributed by atoms with Crippen molar-refractivity contribution in [1.82, 2.24) is 9.80 Å². The first kappa shape index (κ1) is 14.8. The lowest BCUT2D eigenvalue weighted by Crippen LogP contribution is -2.34. The van der Waals surface area contributed by atoms with Gasteiger partial charge in [-0.2, -0.15) is 11.8 Å². The Bertz CT molecular complexity index is 246. The zero-order valence-corrected chi connectivity index (χ0v) is 12.4. The number of hydrogen-bond acceptors (Lipinski definition) is 3. The molecule has 17 heavy (non-hydrogen) atoms. The van der Waals surface area contributed by atoms with Gasteiger partial charge >= 0.3 is 0 Å². The fraction of sp³-hybridized carbons (Fsp3) is 0.923. The SMILES string of the molecule is CSCC(=O)N(C)C[C@H]1CCN(CC(C)C)C1. The maximum atomic E-state index is 11.7. The maximum Gasteiger partial charge on any atom is 0.232 e. The number of hydrogen-bond donors (Lipinski definition) is 0. The van der Waals surface area contributed by atoms with E-state index in [-0.39, 0.29) is 5.91 Å². The topological polar surface area (TPSA) is 23.6 Å². The fourth-order valence-electron chi connectivity index (χ4n) is 2.47. The summed E-state index contributed by atoms with van der Waals surface area (Å²) in [6.45, 7) is 9.01. The van der Waals surface area contributed by atoms with E-state index in [9.17, 15) is 4.79 Å². The first-order valence-corrected chi connectivity index (χ1v) is 7.87. The molecule has 4 heteroatoms. The van der Waals surface area contributed by atoms with Gasteiger partial charge in [0.1, 0.15) is 0 Å². The van der Waals surface area contributed by atoms with Crippen LogP contribution < -0.4 is 0 Å². The predicted octanol–water partition coefficient (Wildman–Crippen LogP) is 1.79. The summed E-state index contributed by atoms with van der Waals surface area (Å²) in [6.07, 6.45) is 3.22. The second-order valence-electron chi connectivity index (χ2n) is 5.52. The molecule has 0 aromatic heterocycles. The highest BCUT2D eigenvalue weighted by Gasteiger charge is 2.24. The van der Waals surface area contributed by atoms with Crippen LogP contribution in [0.5, 0.6) is 0 Å². The van der Waals surface area contributed by atoms with Crippen LogP contribution in [0.1, 0.15) is 20.3 Å². The molecule has 1 heterocycles. The van der Waals surface area contributed by atoms with Crippen LogP contribution in [0.25, 0.3) is 0 Å². The Balaban J connectivity index is 2.27. The molecule has 0 aliphatic carbocycles. The second kappa shape index (κ2) is 7.27. The minimum absolute atomic E-state index is 0.264. The van der Waals surface area contributed by atoms with Gasteiger partial charge in [0.15, 0.2) is 0 Å². The zero-order valence-electron chi connectivity index (χ0n) is 11.6. The Hall–Kier alpha value is -0.220. The van der Waals surface area contributed by atoms with Crippen molar-refractivity contribution in [3.05, 3.63) is 0 Å². The van der Waals surface area contributed by atoms with E-state index in [4.69, 9.17) is 0 Å². The molecule has 1 saturated heterocycles. The van der Waals surface area contributed by atoms with Crippen LogP contribution in [0.15, 0.2) is 0 Å². The van der Waals surface area contributed by atoms with Crippen molar-refractivity contribution >= 4 is 17.7 Å². The molecule has 1 amide bonds. The van der Waals surface area contributed by atoms with Crippen LogP contribution >= 0.6 is 11.8 Å². The van der Waals surface area contributed by atoms with E-state index in [2.05, 4.69) is 18.7 Å². The molecule has 1 aliphatic rings. The van der Waals surface area contributed by atoms with Crippen molar-refractivity contribution < 1.29 is 4.79 Å². The summed E-state index contributed by atoms with van der Waals surface area (Å²) < 4.78 is 0. The lowest BCUT2D eigenvalue weighted by atomic mass is 10.1. The van der Waals surface area contributed by atoms with Gasteiger partial charge in [-0.15, -0.1) is 0 Å². The summed E-state index contributed by atoms with van der Waals surface area (Å²) in [4.78, 5) is 16.1. The van der Waals surface area contributed by atoms with Gasteiger partial charge in [-0.1, -0.05) is 13.8 Å². The fourth-order valence-corrected chi connectivity index (χ4v) is 2.93. The summed E-state index contributed by atoms with van der Waals surface area (Å²) in [5.74, 6) is 2.29. The van der Waals surface area contributed by atoms with Crippen molar-refractivity contribution in [1.29, 1.82) is 0 Å². The number of rotatable bonds is 6.